The van der Waals surface area contributed by atoms with Crippen LogP contribution < -0.4 is 5.11 Å². The van der Waals surface area contributed by atoms with Crippen molar-refractivity contribution in [1.82, 2.24) is 4.98 Å². The molecule has 0 bridgehead atoms. The Hall–Kier alpha value is -3.35. The summed E-state index contributed by atoms with van der Waals surface area (Å²) in [6.07, 6.45) is 1.32. The lowest BCUT2D eigenvalue weighted by atomic mass is 10.1. The molecule has 0 amide bonds. The van der Waals surface area contributed by atoms with Crippen LogP contribution in [0, 0.1) is 0 Å². The van der Waals surface area contributed by atoms with Crippen LogP contribution in [-0.2, 0) is 0 Å². The van der Waals surface area contributed by atoms with Crippen LogP contribution in [0.1, 0.15) is 15.9 Å². The number of carboxylic acids is 1. The molecule has 29 heavy (non-hydrogen) atoms. The molecule has 1 N–H and O–H groups in total. The van der Waals surface area contributed by atoms with E-state index in [9.17, 15) is 9.90 Å². The van der Waals surface area contributed by atoms with E-state index in [4.69, 9.17) is 32.7 Å². The van der Waals surface area contributed by atoms with Crippen LogP contribution in [0.4, 0.5) is 5.69 Å². The lowest BCUT2D eigenvalue weighted by Gasteiger charge is -2.09. The van der Waals surface area contributed by atoms with Gasteiger partial charge in [0.05, 0.1) is 21.8 Å². The minimum Gasteiger partial charge on any atom is -0.872 e. The number of hydrogen-bond acceptors (Lipinski definition) is 5. The van der Waals surface area contributed by atoms with Crippen LogP contribution in [0.2, 0.25) is 10.0 Å². The third-order valence-electron chi connectivity index (χ3n) is 4.14. The molecule has 0 aliphatic carbocycles. The highest BCUT2D eigenvalue weighted by Gasteiger charge is 2.12. The first-order valence-corrected chi connectivity index (χ1v) is 9.11. The molecule has 0 radical (unpaired) electrons. The summed E-state index contributed by atoms with van der Waals surface area (Å²) in [6.45, 7) is 0. The predicted octanol–water partition coefficient (Wildman–Crippen LogP) is 5.32. The number of nitrogens with zero attached hydrogens (tertiary/aromatic N) is 2. The van der Waals surface area contributed by atoms with E-state index < -0.39 is 5.97 Å². The molecule has 0 aliphatic rings. The fourth-order valence-corrected chi connectivity index (χ4v) is 3.07. The predicted molar refractivity (Wildman–Crippen MR) is 110 cm³/mol. The van der Waals surface area contributed by atoms with Crippen molar-refractivity contribution in [2.45, 2.75) is 0 Å². The Kier molecular flexibility index (Phi) is 4.96. The number of halogens is 2. The highest BCUT2D eigenvalue weighted by Crippen LogP contribution is 2.33. The van der Waals surface area contributed by atoms with Gasteiger partial charge in [-0.15, -0.1) is 5.75 Å². The summed E-state index contributed by atoms with van der Waals surface area (Å²) in [5, 5.41) is 21.9. The number of benzene rings is 3. The van der Waals surface area contributed by atoms with Crippen molar-refractivity contribution in [3.05, 3.63) is 75.8 Å². The third-order valence-corrected chi connectivity index (χ3v) is 4.70. The second-order valence-corrected chi connectivity index (χ2v) is 6.95. The number of fused-ring (bicyclic) bond motifs is 1. The average Bonchev–Trinajstić information content (AvgIpc) is 3.12. The molecule has 0 unspecified atom stereocenters. The van der Waals surface area contributed by atoms with Gasteiger partial charge >= 0.3 is 5.97 Å². The van der Waals surface area contributed by atoms with Crippen LogP contribution in [0.25, 0.3) is 22.6 Å². The van der Waals surface area contributed by atoms with E-state index in [0.29, 0.717) is 38.3 Å². The molecular weight excluding hydrogens is 415 g/mol. The molecule has 0 fully saturated rings. The van der Waals surface area contributed by atoms with E-state index in [0.717, 1.165) is 0 Å². The zero-order valence-corrected chi connectivity index (χ0v) is 16.1. The monoisotopic (exact) mass is 425 g/mol. The smallest absolute Gasteiger partial charge is 0.335 e. The fourth-order valence-electron chi connectivity index (χ4n) is 2.70. The summed E-state index contributed by atoms with van der Waals surface area (Å²) < 4.78 is 5.75. The number of rotatable bonds is 4. The van der Waals surface area contributed by atoms with Crippen molar-refractivity contribution >= 4 is 52.2 Å². The first-order chi connectivity index (χ1) is 13.9. The van der Waals surface area contributed by atoms with Crippen LogP contribution in [0.5, 0.6) is 5.75 Å². The zero-order chi connectivity index (χ0) is 20.5. The van der Waals surface area contributed by atoms with Crippen molar-refractivity contribution in [3.8, 4) is 17.2 Å². The SMILES string of the molecule is O=C(O)c1ccc([O-])c(C=Nc2ccc3oc(-c4cc(Cl)ccc4Cl)nc3c2)c1. The Balaban J connectivity index is 1.68. The maximum atomic E-state index is 11.9. The van der Waals surface area contributed by atoms with Crippen molar-refractivity contribution in [3.63, 3.8) is 0 Å². The first-order valence-electron chi connectivity index (χ1n) is 8.35. The van der Waals surface area contributed by atoms with E-state index in [1.807, 2.05) is 0 Å². The average molecular weight is 426 g/mol. The number of aliphatic imine (C=N–C) groups is 1. The Labute approximate surface area is 174 Å². The van der Waals surface area contributed by atoms with Crippen LogP contribution in [0.15, 0.2) is 64.0 Å². The first kappa shape index (κ1) is 19.0. The Morgan fingerprint density at radius 3 is 2.72 bits per heavy atom. The molecule has 0 saturated carbocycles. The molecule has 3 aromatic carbocycles. The van der Waals surface area contributed by atoms with E-state index in [1.54, 1.807) is 36.4 Å². The van der Waals surface area contributed by atoms with Gasteiger partial charge in [0.15, 0.2) is 5.58 Å². The fraction of sp³-hybridized carbons (Fsp3) is 0. The molecule has 6 nitrogen and oxygen atoms in total. The molecule has 4 aromatic rings. The molecule has 144 valence electrons. The molecule has 0 aliphatic heterocycles. The van der Waals surface area contributed by atoms with Crippen LogP contribution in [0.3, 0.4) is 0 Å². The van der Waals surface area contributed by atoms with Gasteiger partial charge in [0.1, 0.15) is 5.52 Å². The van der Waals surface area contributed by atoms with E-state index in [1.165, 1.54) is 24.4 Å². The topological polar surface area (TPSA) is 98.8 Å². The molecule has 1 aromatic heterocycles. The van der Waals surface area contributed by atoms with Gasteiger partial charge in [0.25, 0.3) is 0 Å². The quantitative estimate of drug-likeness (QED) is 0.445. The van der Waals surface area contributed by atoms with Gasteiger partial charge in [-0.3, -0.25) is 4.99 Å². The van der Waals surface area contributed by atoms with Gasteiger partial charge < -0.3 is 14.6 Å². The van der Waals surface area contributed by atoms with Gasteiger partial charge in [-0.2, -0.15) is 0 Å². The lowest BCUT2D eigenvalue weighted by Crippen LogP contribution is -2.01. The second-order valence-electron chi connectivity index (χ2n) is 6.11. The molecule has 1 heterocycles. The largest absolute Gasteiger partial charge is 0.872 e. The maximum Gasteiger partial charge on any atom is 0.335 e. The van der Waals surface area contributed by atoms with E-state index in [2.05, 4.69) is 9.98 Å². The Morgan fingerprint density at radius 1 is 1.10 bits per heavy atom. The summed E-state index contributed by atoms with van der Waals surface area (Å²) in [4.78, 5) is 19.8. The Bertz CT molecular complexity index is 1280. The van der Waals surface area contributed by atoms with Crippen LogP contribution in [-0.4, -0.2) is 22.3 Å². The second kappa shape index (κ2) is 7.58. The number of oxazole rings is 1. The number of aromatic carboxylic acids is 1. The summed E-state index contributed by atoms with van der Waals surface area (Å²) in [6, 6.07) is 13.8. The number of hydrogen-bond donors (Lipinski definition) is 1. The zero-order valence-electron chi connectivity index (χ0n) is 14.6. The molecule has 4 rings (SSSR count). The molecule has 8 heteroatoms. The minimum atomic E-state index is -1.11. The summed E-state index contributed by atoms with van der Waals surface area (Å²) in [7, 11) is 0. The van der Waals surface area contributed by atoms with Gasteiger partial charge in [0.2, 0.25) is 5.89 Å². The maximum absolute atomic E-state index is 11.9. The van der Waals surface area contributed by atoms with Crippen molar-refractivity contribution in [1.29, 1.82) is 0 Å². The highest BCUT2D eigenvalue weighted by atomic mass is 35.5. The van der Waals surface area contributed by atoms with E-state index in [-0.39, 0.29) is 16.9 Å². The molecule has 0 saturated heterocycles. The van der Waals surface area contributed by atoms with Gasteiger partial charge in [-0.05, 0) is 54.1 Å². The van der Waals surface area contributed by atoms with Gasteiger partial charge in [-0.1, -0.05) is 29.3 Å². The molecule has 0 spiro atoms. The summed E-state index contributed by atoms with van der Waals surface area (Å²) in [5.74, 6) is -1.11. The van der Waals surface area contributed by atoms with E-state index >= 15 is 0 Å². The van der Waals surface area contributed by atoms with Crippen molar-refractivity contribution in [2.24, 2.45) is 4.99 Å². The number of aromatic nitrogens is 1. The van der Waals surface area contributed by atoms with Crippen LogP contribution >= 0.6 is 23.2 Å². The summed E-state index contributed by atoms with van der Waals surface area (Å²) in [5.41, 5.74) is 2.37. The number of carbonyl (C=O) groups is 1. The minimum absolute atomic E-state index is 0.0149. The van der Waals surface area contributed by atoms with Gasteiger partial charge in [-0.25, -0.2) is 9.78 Å². The highest BCUT2D eigenvalue weighted by molar-refractivity contribution is 6.35. The molecular formula is C21H11Cl2N2O4-. The standard InChI is InChI=1S/C21H12Cl2N2O4/c22-13-2-4-16(23)15(8-13)20-25-17-9-14(3-6-19(17)29-20)24-10-12-7-11(21(27)28)1-5-18(12)26/h1-10,26H,(H,27,28)/p-1. The lowest BCUT2D eigenvalue weighted by molar-refractivity contribution is -0.268. The van der Waals surface area contributed by atoms with Crippen molar-refractivity contribution in [2.75, 3.05) is 0 Å². The Morgan fingerprint density at radius 2 is 1.93 bits per heavy atom. The van der Waals surface area contributed by atoms with Gasteiger partial charge in [0, 0.05) is 11.2 Å². The third kappa shape index (κ3) is 3.94. The van der Waals surface area contributed by atoms with Crippen molar-refractivity contribution < 1.29 is 19.4 Å². The molecule has 0 atom stereocenters. The number of carboxylic acid groups (broad SMARTS) is 1. The normalized spacial score (nSPS) is 11.4. The summed E-state index contributed by atoms with van der Waals surface area (Å²) >= 11 is 12.2.